The number of rotatable bonds is 5. The minimum atomic E-state index is -0.536. The lowest BCUT2D eigenvalue weighted by Crippen LogP contribution is -2.32. The number of carbonyl (C=O) groups is 1. The zero-order chi connectivity index (χ0) is 15.2. The van der Waals surface area contributed by atoms with Crippen molar-refractivity contribution in [2.75, 3.05) is 5.32 Å². The molecule has 0 spiro atoms. The van der Waals surface area contributed by atoms with Gasteiger partial charge in [0.15, 0.2) is 6.10 Å². The summed E-state index contributed by atoms with van der Waals surface area (Å²) in [6.07, 6.45) is 0.0474. The molecule has 1 amide bonds. The second-order valence-electron chi connectivity index (χ2n) is 4.78. The average Bonchev–Trinajstić information content (AvgIpc) is 2.49. The summed E-state index contributed by atoms with van der Waals surface area (Å²) in [6.45, 7) is 3.84. The van der Waals surface area contributed by atoms with Crippen molar-refractivity contribution < 1.29 is 9.53 Å². The van der Waals surface area contributed by atoms with Gasteiger partial charge in [0, 0.05) is 10.7 Å². The van der Waals surface area contributed by atoms with Crippen LogP contribution >= 0.6 is 11.6 Å². The largest absolute Gasteiger partial charge is 0.481 e. The number of nitrogens with one attached hydrogen (secondary N) is 1. The number of hydrogen-bond donors (Lipinski definition) is 1. The van der Waals surface area contributed by atoms with Gasteiger partial charge in [-0.25, -0.2) is 0 Å². The Morgan fingerprint density at radius 2 is 1.95 bits per heavy atom. The fraction of sp³-hybridized carbons (Fsp3) is 0.235. The predicted molar refractivity (Wildman–Crippen MR) is 86.0 cm³/mol. The highest BCUT2D eigenvalue weighted by molar-refractivity contribution is 6.31. The van der Waals surface area contributed by atoms with Crippen molar-refractivity contribution in [3.8, 4) is 5.75 Å². The van der Waals surface area contributed by atoms with Crippen LogP contribution in [-0.4, -0.2) is 12.0 Å². The lowest BCUT2D eigenvalue weighted by molar-refractivity contribution is -0.122. The lowest BCUT2D eigenvalue weighted by atomic mass is 10.2. The van der Waals surface area contributed by atoms with Gasteiger partial charge in [-0.15, -0.1) is 0 Å². The van der Waals surface area contributed by atoms with E-state index >= 15 is 0 Å². The van der Waals surface area contributed by atoms with Crippen LogP contribution in [0.15, 0.2) is 48.5 Å². The molecule has 0 radical (unpaired) electrons. The first kappa shape index (κ1) is 15.4. The molecule has 0 saturated heterocycles. The SMILES string of the molecule is CCC(Oc1ccccc1)C(=O)Nc1cc(Cl)ccc1C. The van der Waals surface area contributed by atoms with Gasteiger partial charge in [0.25, 0.3) is 5.91 Å². The third-order valence-electron chi connectivity index (χ3n) is 3.14. The summed E-state index contributed by atoms with van der Waals surface area (Å²) in [5.74, 6) is 0.508. The number of anilines is 1. The zero-order valence-electron chi connectivity index (χ0n) is 12.1. The van der Waals surface area contributed by atoms with Crippen LogP contribution < -0.4 is 10.1 Å². The molecule has 2 rings (SSSR count). The first-order valence-corrected chi connectivity index (χ1v) is 7.26. The number of amides is 1. The summed E-state index contributed by atoms with van der Waals surface area (Å²) in [6, 6.07) is 14.7. The summed E-state index contributed by atoms with van der Waals surface area (Å²) >= 11 is 5.96. The summed E-state index contributed by atoms with van der Waals surface area (Å²) in [5, 5.41) is 3.46. The molecular weight excluding hydrogens is 286 g/mol. The smallest absolute Gasteiger partial charge is 0.265 e. The zero-order valence-corrected chi connectivity index (χ0v) is 12.9. The highest BCUT2D eigenvalue weighted by Gasteiger charge is 2.19. The molecule has 0 aliphatic carbocycles. The monoisotopic (exact) mass is 303 g/mol. The van der Waals surface area contributed by atoms with Crippen molar-refractivity contribution in [2.24, 2.45) is 0 Å². The molecule has 0 aliphatic rings. The van der Waals surface area contributed by atoms with Crippen LogP contribution in [0, 0.1) is 6.92 Å². The van der Waals surface area contributed by atoms with Gasteiger partial charge >= 0.3 is 0 Å². The number of carbonyl (C=O) groups excluding carboxylic acids is 1. The number of aryl methyl sites for hydroxylation is 1. The van der Waals surface area contributed by atoms with Crippen LogP contribution in [0.1, 0.15) is 18.9 Å². The molecule has 2 aromatic rings. The van der Waals surface area contributed by atoms with Gasteiger partial charge < -0.3 is 10.1 Å². The number of hydrogen-bond acceptors (Lipinski definition) is 2. The molecule has 4 heteroatoms. The van der Waals surface area contributed by atoms with Gasteiger partial charge in [-0.2, -0.15) is 0 Å². The van der Waals surface area contributed by atoms with E-state index in [1.807, 2.05) is 50.2 Å². The lowest BCUT2D eigenvalue weighted by Gasteiger charge is -2.18. The first-order chi connectivity index (χ1) is 10.1. The second kappa shape index (κ2) is 7.14. The third-order valence-corrected chi connectivity index (χ3v) is 3.38. The first-order valence-electron chi connectivity index (χ1n) is 6.89. The Morgan fingerprint density at radius 3 is 2.62 bits per heavy atom. The number of halogens is 1. The molecule has 0 aliphatic heterocycles. The molecular formula is C17H18ClNO2. The van der Waals surface area contributed by atoms with E-state index in [1.165, 1.54) is 0 Å². The van der Waals surface area contributed by atoms with E-state index in [0.29, 0.717) is 22.9 Å². The molecule has 110 valence electrons. The molecule has 1 atom stereocenters. The molecule has 1 unspecified atom stereocenters. The fourth-order valence-electron chi connectivity index (χ4n) is 1.93. The molecule has 0 bridgehead atoms. The fourth-order valence-corrected chi connectivity index (χ4v) is 2.10. The topological polar surface area (TPSA) is 38.3 Å². The minimum Gasteiger partial charge on any atom is -0.481 e. The van der Waals surface area contributed by atoms with Crippen LogP contribution in [0.3, 0.4) is 0 Å². The standard InChI is InChI=1S/C17H18ClNO2/c1-3-16(21-14-7-5-4-6-8-14)17(20)19-15-11-13(18)10-9-12(15)2/h4-11,16H,3H2,1-2H3,(H,19,20). The van der Waals surface area contributed by atoms with Gasteiger partial charge in [-0.1, -0.05) is 42.8 Å². The third kappa shape index (κ3) is 4.23. The maximum Gasteiger partial charge on any atom is 0.265 e. The van der Waals surface area contributed by atoms with Crippen LogP contribution in [0.5, 0.6) is 5.75 Å². The maximum absolute atomic E-state index is 12.3. The van der Waals surface area contributed by atoms with Gasteiger partial charge in [-0.3, -0.25) is 4.79 Å². The molecule has 21 heavy (non-hydrogen) atoms. The maximum atomic E-state index is 12.3. The Labute approximate surface area is 129 Å². The average molecular weight is 304 g/mol. The summed E-state index contributed by atoms with van der Waals surface area (Å²) in [5.41, 5.74) is 1.67. The van der Waals surface area contributed by atoms with Gasteiger partial charge in [0.1, 0.15) is 5.75 Å². The predicted octanol–water partition coefficient (Wildman–Crippen LogP) is 4.44. The van der Waals surface area contributed by atoms with Crippen molar-refractivity contribution >= 4 is 23.2 Å². The van der Waals surface area contributed by atoms with Crippen LogP contribution in [0.4, 0.5) is 5.69 Å². The van der Waals surface area contributed by atoms with E-state index in [-0.39, 0.29) is 5.91 Å². The van der Waals surface area contributed by atoms with E-state index in [4.69, 9.17) is 16.3 Å². The minimum absolute atomic E-state index is 0.174. The molecule has 0 heterocycles. The molecule has 3 nitrogen and oxygen atoms in total. The highest BCUT2D eigenvalue weighted by Crippen LogP contribution is 2.21. The molecule has 0 fully saturated rings. The van der Waals surface area contributed by atoms with Crippen LogP contribution in [0.2, 0.25) is 5.02 Å². The Kier molecular flexibility index (Phi) is 5.23. The molecule has 0 aromatic heterocycles. The van der Waals surface area contributed by atoms with Crippen molar-refractivity contribution in [1.82, 2.24) is 0 Å². The van der Waals surface area contributed by atoms with Gasteiger partial charge in [0.05, 0.1) is 0 Å². The summed E-state index contributed by atoms with van der Waals surface area (Å²) in [7, 11) is 0. The van der Waals surface area contributed by atoms with E-state index in [2.05, 4.69) is 5.32 Å². The Hall–Kier alpha value is -2.00. The van der Waals surface area contributed by atoms with Gasteiger partial charge in [-0.05, 0) is 43.2 Å². The van der Waals surface area contributed by atoms with Gasteiger partial charge in [0.2, 0.25) is 0 Å². The molecule has 0 saturated carbocycles. The van der Waals surface area contributed by atoms with Crippen molar-refractivity contribution in [1.29, 1.82) is 0 Å². The summed E-state index contributed by atoms with van der Waals surface area (Å²) in [4.78, 5) is 12.3. The summed E-state index contributed by atoms with van der Waals surface area (Å²) < 4.78 is 5.72. The second-order valence-corrected chi connectivity index (χ2v) is 5.21. The van der Waals surface area contributed by atoms with Crippen LogP contribution in [0.25, 0.3) is 0 Å². The molecule has 2 aromatic carbocycles. The number of ether oxygens (including phenoxy) is 1. The normalized spacial score (nSPS) is 11.8. The number of benzene rings is 2. The van der Waals surface area contributed by atoms with Crippen molar-refractivity contribution in [2.45, 2.75) is 26.4 Å². The Balaban J connectivity index is 2.08. The van der Waals surface area contributed by atoms with Crippen LogP contribution in [-0.2, 0) is 4.79 Å². The van der Waals surface area contributed by atoms with E-state index in [0.717, 1.165) is 5.56 Å². The van der Waals surface area contributed by atoms with E-state index < -0.39 is 6.10 Å². The Morgan fingerprint density at radius 1 is 1.24 bits per heavy atom. The quantitative estimate of drug-likeness (QED) is 0.886. The molecule has 1 N–H and O–H groups in total. The van der Waals surface area contributed by atoms with Crippen molar-refractivity contribution in [3.63, 3.8) is 0 Å². The van der Waals surface area contributed by atoms with Crippen molar-refractivity contribution in [3.05, 3.63) is 59.1 Å². The van der Waals surface area contributed by atoms with E-state index in [9.17, 15) is 4.79 Å². The Bertz CT molecular complexity index is 613. The van der Waals surface area contributed by atoms with E-state index in [1.54, 1.807) is 12.1 Å². The highest BCUT2D eigenvalue weighted by atomic mass is 35.5. The number of para-hydroxylation sites is 1.